The average molecular weight is 247 g/mol. The minimum absolute atomic E-state index is 0.0172. The number of Topliss-reactive ketones (excluding diaryl/α,β-unsaturated/α-hetero) is 1. The molecule has 1 aliphatic heterocycles. The molecule has 2 rings (SSSR count). The fraction of sp³-hybridized carbons (Fsp3) is 0.429. The molecule has 1 atom stereocenters. The second-order valence-corrected chi connectivity index (χ2v) is 4.47. The Morgan fingerprint density at radius 2 is 2.00 bits per heavy atom. The molecule has 1 unspecified atom stereocenters. The van der Waals surface area contributed by atoms with Crippen LogP contribution in [0.15, 0.2) is 30.3 Å². The van der Waals surface area contributed by atoms with E-state index in [1.54, 1.807) is 0 Å². The number of carbonyl (C=O) groups excluding carboxylic acids is 2. The molecular weight excluding hydrogens is 230 g/mol. The Morgan fingerprint density at radius 1 is 1.22 bits per heavy atom. The van der Waals surface area contributed by atoms with Crippen LogP contribution in [0, 0.1) is 5.92 Å². The highest BCUT2D eigenvalue weighted by molar-refractivity contribution is 6.01. The second kappa shape index (κ2) is 6.31. The lowest BCUT2D eigenvalue weighted by atomic mass is 9.95. The van der Waals surface area contributed by atoms with Crippen molar-refractivity contribution in [2.75, 3.05) is 13.2 Å². The molecule has 1 aliphatic rings. The Hall–Kier alpha value is -1.68. The number of amides is 1. The molecule has 96 valence electrons. The quantitative estimate of drug-likeness (QED) is 0.630. The highest BCUT2D eigenvalue weighted by Gasteiger charge is 2.25. The second-order valence-electron chi connectivity index (χ2n) is 4.47. The van der Waals surface area contributed by atoms with E-state index in [1.165, 1.54) is 0 Å². The van der Waals surface area contributed by atoms with E-state index in [0.29, 0.717) is 26.2 Å². The molecule has 0 saturated carbocycles. The van der Waals surface area contributed by atoms with Gasteiger partial charge in [0.2, 0.25) is 5.91 Å². The zero-order chi connectivity index (χ0) is 12.8. The summed E-state index contributed by atoms with van der Waals surface area (Å²) in [4.78, 5) is 22.5. The summed E-state index contributed by atoms with van der Waals surface area (Å²) >= 11 is 0. The maximum Gasteiger partial charge on any atom is 0.227 e. The van der Waals surface area contributed by atoms with Crippen molar-refractivity contribution in [3.8, 4) is 0 Å². The maximum atomic E-state index is 11.6. The molecule has 1 amide bonds. The van der Waals surface area contributed by atoms with Gasteiger partial charge in [0, 0.05) is 19.1 Å². The SMILES string of the molecule is O=C1CC(=O)C(CCOCc2ccccc2)CN1. The summed E-state index contributed by atoms with van der Waals surface area (Å²) in [7, 11) is 0. The van der Waals surface area contributed by atoms with E-state index < -0.39 is 0 Å². The smallest absolute Gasteiger partial charge is 0.227 e. The predicted molar refractivity (Wildman–Crippen MR) is 66.8 cm³/mol. The fourth-order valence-corrected chi connectivity index (χ4v) is 1.97. The van der Waals surface area contributed by atoms with Crippen LogP contribution in [-0.2, 0) is 20.9 Å². The van der Waals surface area contributed by atoms with Gasteiger partial charge in [-0.2, -0.15) is 0 Å². The van der Waals surface area contributed by atoms with Crippen LogP contribution in [-0.4, -0.2) is 24.8 Å². The zero-order valence-corrected chi connectivity index (χ0v) is 10.2. The van der Waals surface area contributed by atoms with Crippen LogP contribution >= 0.6 is 0 Å². The lowest BCUT2D eigenvalue weighted by Crippen LogP contribution is -2.41. The number of hydrogen-bond acceptors (Lipinski definition) is 3. The molecule has 1 fully saturated rings. The molecule has 0 spiro atoms. The molecular formula is C14H17NO3. The summed E-state index contributed by atoms with van der Waals surface area (Å²) in [5.74, 6) is -0.220. The number of ether oxygens (including phenoxy) is 1. The highest BCUT2D eigenvalue weighted by Crippen LogP contribution is 2.11. The van der Waals surface area contributed by atoms with Crippen molar-refractivity contribution in [3.05, 3.63) is 35.9 Å². The van der Waals surface area contributed by atoms with Crippen LogP contribution in [0.5, 0.6) is 0 Å². The largest absolute Gasteiger partial charge is 0.377 e. The number of carbonyl (C=O) groups is 2. The average Bonchev–Trinajstić information content (AvgIpc) is 2.38. The molecule has 0 radical (unpaired) electrons. The molecule has 0 aromatic heterocycles. The van der Waals surface area contributed by atoms with Gasteiger partial charge in [0.1, 0.15) is 5.78 Å². The first-order chi connectivity index (χ1) is 8.75. The van der Waals surface area contributed by atoms with Gasteiger partial charge in [-0.1, -0.05) is 30.3 Å². The van der Waals surface area contributed by atoms with Gasteiger partial charge in [0.15, 0.2) is 0 Å². The summed E-state index contributed by atoms with van der Waals surface area (Å²) in [6.07, 6.45) is 0.690. The van der Waals surface area contributed by atoms with E-state index in [2.05, 4.69) is 5.32 Å². The standard InChI is InChI=1S/C14H17NO3/c16-13-8-14(17)15-9-12(13)6-7-18-10-11-4-2-1-3-5-11/h1-5,12H,6-10H2,(H,15,17). The fourth-order valence-electron chi connectivity index (χ4n) is 1.97. The number of nitrogens with one attached hydrogen (secondary N) is 1. The Morgan fingerprint density at radius 3 is 2.72 bits per heavy atom. The lowest BCUT2D eigenvalue weighted by Gasteiger charge is -2.20. The first kappa shape index (κ1) is 12.8. The van der Waals surface area contributed by atoms with E-state index in [4.69, 9.17) is 4.74 Å². The Kier molecular flexibility index (Phi) is 4.47. The number of hydrogen-bond donors (Lipinski definition) is 1. The van der Waals surface area contributed by atoms with Crippen LogP contribution in [0.4, 0.5) is 0 Å². The van der Waals surface area contributed by atoms with Crippen molar-refractivity contribution in [1.82, 2.24) is 5.32 Å². The maximum absolute atomic E-state index is 11.6. The number of piperidine rings is 1. The topological polar surface area (TPSA) is 55.4 Å². The molecule has 4 nitrogen and oxygen atoms in total. The van der Waals surface area contributed by atoms with E-state index in [9.17, 15) is 9.59 Å². The monoisotopic (exact) mass is 247 g/mol. The number of ketones is 1. The van der Waals surface area contributed by atoms with Crippen LogP contribution in [0.1, 0.15) is 18.4 Å². The summed E-state index contributed by atoms with van der Waals surface area (Å²) < 4.78 is 5.53. The van der Waals surface area contributed by atoms with E-state index in [0.717, 1.165) is 5.56 Å². The molecule has 1 N–H and O–H groups in total. The minimum atomic E-state index is -0.165. The van der Waals surface area contributed by atoms with Crippen LogP contribution in [0.2, 0.25) is 0 Å². The first-order valence-corrected chi connectivity index (χ1v) is 6.17. The van der Waals surface area contributed by atoms with Gasteiger partial charge in [-0.15, -0.1) is 0 Å². The summed E-state index contributed by atoms with van der Waals surface area (Å²) in [5, 5.41) is 2.71. The highest BCUT2D eigenvalue weighted by atomic mass is 16.5. The predicted octanol–water partition coefficient (Wildman–Crippen LogP) is 1.30. The zero-order valence-electron chi connectivity index (χ0n) is 10.2. The molecule has 0 bridgehead atoms. The van der Waals surface area contributed by atoms with Crippen molar-refractivity contribution in [2.45, 2.75) is 19.4 Å². The van der Waals surface area contributed by atoms with Crippen LogP contribution < -0.4 is 5.32 Å². The minimum Gasteiger partial charge on any atom is -0.377 e. The van der Waals surface area contributed by atoms with Crippen LogP contribution in [0.25, 0.3) is 0 Å². The lowest BCUT2D eigenvalue weighted by molar-refractivity contribution is -0.134. The molecule has 1 saturated heterocycles. The van der Waals surface area contributed by atoms with Gasteiger partial charge in [-0.25, -0.2) is 0 Å². The molecule has 4 heteroatoms. The number of benzene rings is 1. The van der Waals surface area contributed by atoms with Gasteiger partial charge in [-0.3, -0.25) is 9.59 Å². The molecule has 1 aromatic rings. The Labute approximate surface area is 106 Å². The van der Waals surface area contributed by atoms with Gasteiger partial charge < -0.3 is 10.1 Å². The third-order valence-corrected chi connectivity index (χ3v) is 3.06. The van der Waals surface area contributed by atoms with E-state index in [1.807, 2.05) is 30.3 Å². The summed E-state index contributed by atoms with van der Waals surface area (Å²) in [5.41, 5.74) is 1.13. The third kappa shape index (κ3) is 3.67. The number of rotatable bonds is 5. The first-order valence-electron chi connectivity index (χ1n) is 6.17. The normalized spacial score (nSPS) is 19.7. The van der Waals surface area contributed by atoms with Gasteiger partial charge in [0.25, 0.3) is 0 Å². The van der Waals surface area contributed by atoms with Crippen molar-refractivity contribution in [1.29, 1.82) is 0 Å². The van der Waals surface area contributed by atoms with Crippen molar-refractivity contribution in [3.63, 3.8) is 0 Å². The Balaban J connectivity index is 1.67. The van der Waals surface area contributed by atoms with Crippen molar-refractivity contribution in [2.24, 2.45) is 5.92 Å². The summed E-state index contributed by atoms with van der Waals surface area (Å²) in [6.45, 7) is 1.56. The Bertz CT molecular complexity index is 416. The van der Waals surface area contributed by atoms with Gasteiger partial charge >= 0.3 is 0 Å². The molecule has 0 aliphatic carbocycles. The summed E-state index contributed by atoms with van der Waals surface area (Å²) in [6, 6.07) is 9.92. The van der Waals surface area contributed by atoms with Crippen molar-refractivity contribution >= 4 is 11.7 Å². The molecule has 18 heavy (non-hydrogen) atoms. The van der Waals surface area contributed by atoms with Crippen LogP contribution in [0.3, 0.4) is 0 Å². The van der Waals surface area contributed by atoms with Crippen molar-refractivity contribution < 1.29 is 14.3 Å². The molecule has 1 aromatic carbocycles. The third-order valence-electron chi connectivity index (χ3n) is 3.06. The molecule has 1 heterocycles. The van der Waals surface area contributed by atoms with E-state index >= 15 is 0 Å². The van der Waals surface area contributed by atoms with Gasteiger partial charge in [0.05, 0.1) is 13.0 Å². The van der Waals surface area contributed by atoms with Gasteiger partial charge in [-0.05, 0) is 12.0 Å². The van der Waals surface area contributed by atoms with E-state index in [-0.39, 0.29) is 24.0 Å².